The second-order valence-electron chi connectivity index (χ2n) is 5.01. The van der Waals surface area contributed by atoms with Crippen LogP contribution in [0.5, 0.6) is 0 Å². The van der Waals surface area contributed by atoms with Gasteiger partial charge in [-0.25, -0.2) is 4.68 Å². The van der Waals surface area contributed by atoms with Gasteiger partial charge >= 0.3 is 5.97 Å². The number of aromatic nitrogens is 3. The summed E-state index contributed by atoms with van der Waals surface area (Å²) in [7, 11) is 1.86. The van der Waals surface area contributed by atoms with E-state index in [2.05, 4.69) is 15.2 Å². The molecule has 6 nitrogen and oxygen atoms in total. The number of rotatable bonds is 2. The van der Waals surface area contributed by atoms with Crippen molar-refractivity contribution in [2.24, 2.45) is 13.0 Å². The summed E-state index contributed by atoms with van der Waals surface area (Å²) in [5, 5.41) is 17.2. The van der Waals surface area contributed by atoms with E-state index in [9.17, 15) is 4.79 Å². The van der Waals surface area contributed by atoms with Crippen molar-refractivity contribution >= 4 is 22.7 Å². The van der Waals surface area contributed by atoms with Gasteiger partial charge in [-0.1, -0.05) is 5.21 Å². The van der Waals surface area contributed by atoms with Crippen molar-refractivity contribution in [2.45, 2.75) is 12.8 Å². The van der Waals surface area contributed by atoms with Gasteiger partial charge in [0.25, 0.3) is 0 Å². The highest BCUT2D eigenvalue weighted by Crippen LogP contribution is 2.25. The van der Waals surface area contributed by atoms with Gasteiger partial charge < -0.3 is 10.0 Å². The van der Waals surface area contributed by atoms with Gasteiger partial charge in [-0.15, -0.1) is 5.10 Å². The number of piperidine rings is 1. The first-order chi connectivity index (χ1) is 9.15. The van der Waals surface area contributed by atoms with Crippen LogP contribution in [-0.2, 0) is 11.8 Å². The molecule has 1 fully saturated rings. The minimum Gasteiger partial charge on any atom is -0.481 e. The van der Waals surface area contributed by atoms with Crippen LogP contribution in [0.1, 0.15) is 12.8 Å². The number of aliphatic carboxylic acids is 1. The first-order valence-electron chi connectivity index (χ1n) is 6.42. The molecular weight excluding hydrogens is 244 g/mol. The standard InChI is InChI=1S/C13H16N4O2/c1-16-12-5-4-10(7-11(12)14-15-16)17-6-2-3-9(8-17)13(18)19/h4-5,7,9H,2-3,6,8H2,1H3,(H,18,19). The minimum absolute atomic E-state index is 0.272. The van der Waals surface area contributed by atoms with Gasteiger partial charge in [0.2, 0.25) is 0 Å². The first-order valence-corrected chi connectivity index (χ1v) is 6.42. The molecule has 3 rings (SSSR count). The number of benzene rings is 1. The van der Waals surface area contributed by atoms with Crippen LogP contribution >= 0.6 is 0 Å². The van der Waals surface area contributed by atoms with Gasteiger partial charge in [0.05, 0.1) is 11.4 Å². The molecule has 2 aromatic rings. The number of carbonyl (C=O) groups is 1. The van der Waals surface area contributed by atoms with Gasteiger partial charge in [0.15, 0.2) is 0 Å². The molecule has 1 unspecified atom stereocenters. The van der Waals surface area contributed by atoms with Crippen LogP contribution < -0.4 is 4.90 Å². The lowest BCUT2D eigenvalue weighted by molar-refractivity contribution is -0.141. The maximum atomic E-state index is 11.1. The highest BCUT2D eigenvalue weighted by molar-refractivity contribution is 5.79. The Bertz CT molecular complexity index is 622. The zero-order chi connectivity index (χ0) is 13.4. The Kier molecular flexibility index (Phi) is 2.85. The van der Waals surface area contributed by atoms with Crippen LogP contribution in [0.2, 0.25) is 0 Å². The molecule has 0 saturated carbocycles. The SMILES string of the molecule is Cn1nnc2cc(N3CCCC(C(=O)O)C3)ccc21. The van der Waals surface area contributed by atoms with Crippen LogP contribution in [0.15, 0.2) is 18.2 Å². The molecule has 100 valence electrons. The molecular formula is C13H16N4O2. The molecule has 1 atom stereocenters. The summed E-state index contributed by atoms with van der Waals surface area (Å²) in [6.07, 6.45) is 1.68. The Morgan fingerprint density at radius 1 is 1.47 bits per heavy atom. The van der Waals surface area contributed by atoms with Crippen molar-refractivity contribution in [1.82, 2.24) is 15.0 Å². The highest BCUT2D eigenvalue weighted by atomic mass is 16.4. The molecule has 0 bridgehead atoms. The second kappa shape index (κ2) is 4.53. The summed E-state index contributed by atoms with van der Waals surface area (Å²) in [4.78, 5) is 13.2. The van der Waals surface area contributed by atoms with Crippen molar-refractivity contribution < 1.29 is 9.90 Å². The molecule has 1 aromatic carbocycles. The summed E-state index contributed by atoms with van der Waals surface area (Å²) in [5.74, 6) is -0.975. The largest absolute Gasteiger partial charge is 0.481 e. The van der Waals surface area contributed by atoms with Crippen LogP contribution in [-0.4, -0.2) is 39.2 Å². The minimum atomic E-state index is -0.703. The molecule has 19 heavy (non-hydrogen) atoms. The molecule has 2 heterocycles. The van der Waals surface area contributed by atoms with Gasteiger partial charge in [-0.05, 0) is 31.0 Å². The predicted octanol–water partition coefficient (Wildman–Crippen LogP) is 1.27. The second-order valence-corrected chi connectivity index (χ2v) is 5.01. The zero-order valence-corrected chi connectivity index (χ0v) is 10.8. The van der Waals surface area contributed by atoms with Crippen molar-refractivity contribution in [3.8, 4) is 0 Å². The third-order valence-corrected chi connectivity index (χ3v) is 3.73. The van der Waals surface area contributed by atoms with Crippen LogP contribution in [0.3, 0.4) is 0 Å². The van der Waals surface area contributed by atoms with Gasteiger partial charge in [0.1, 0.15) is 5.52 Å². The normalized spacial score (nSPS) is 19.8. The molecule has 0 spiro atoms. The Morgan fingerprint density at radius 2 is 2.32 bits per heavy atom. The Morgan fingerprint density at radius 3 is 3.11 bits per heavy atom. The van der Waals surface area contributed by atoms with Crippen LogP contribution in [0.4, 0.5) is 5.69 Å². The van der Waals surface area contributed by atoms with E-state index in [-0.39, 0.29) is 5.92 Å². The summed E-state index contributed by atoms with van der Waals surface area (Å²) in [6.45, 7) is 1.47. The lowest BCUT2D eigenvalue weighted by Gasteiger charge is -2.32. The third kappa shape index (κ3) is 2.14. The molecule has 6 heteroatoms. The summed E-state index contributed by atoms with van der Waals surface area (Å²) >= 11 is 0. The first kappa shape index (κ1) is 12.0. The lowest BCUT2D eigenvalue weighted by Crippen LogP contribution is -2.38. The predicted molar refractivity (Wildman–Crippen MR) is 71.1 cm³/mol. The molecule has 0 aliphatic carbocycles. The maximum Gasteiger partial charge on any atom is 0.308 e. The van der Waals surface area contributed by atoms with E-state index in [1.807, 2.05) is 25.2 Å². The fourth-order valence-electron chi connectivity index (χ4n) is 2.64. The van der Waals surface area contributed by atoms with Crippen LogP contribution in [0.25, 0.3) is 11.0 Å². The van der Waals surface area contributed by atoms with E-state index < -0.39 is 5.97 Å². The molecule has 0 amide bonds. The van der Waals surface area contributed by atoms with E-state index in [4.69, 9.17) is 5.11 Å². The summed E-state index contributed by atoms with van der Waals surface area (Å²) in [6, 6.07) is 5.97. The smallest absolute Gasteiger partial charge is 0.308 e. The van der Waals surface area contributed by atoms with Gasteiger partial charge in [0, 0.05) is 25.8 Å². The number of anilines is 1. The van der Waals surface area contributed by atoms with Crippen molar-refractivity contribution in [1.29, 1.82) is 0 Å². The molecule has 1 aromatic heterocycles. The summed E-state index contributed by atoms with van der Waals surface area (Å²) in [5.41, 5.74) is 2.85. The van der Waals surface area contributed by atoms with Gasteiger partial charge in [-0.3, -0.25) is 4.79 Å². The van der Waals surface area contributed by atoms with E-state index >= 15 is 0 Å². The lowest BCUT2D eigenvalue weighted by atomic mass is 9.98. The topological polar surface area (TPSA) is 71.2 Å². The van der Waals surface area contributed by atoms with E-state index in [1.54, 1.807) is 4.68 Å². The number of aryl methyl sites for hydroxylation is 1. The molecule has 1 aliphatic heterocycles. The number of carboxylic acids is 1. The molecule has 1 saturated heterocycles. The maximum absolute atomic E-state index is 11.1. The fourth-order valence-corrected chi connectivity index (χ4v) is 2.64. The van der Waals surface area contributed by atoms with E-state index in [1.165, 1.54) is 0 Å². The van der Waals surface area contributed by atoms with Gasteiger partial charge in [-0.2, -0.15) is 0 Å². The van der Waals surface area contributed by atoms with Crippen molar-refractivity contribution in [2.75, 3.05) is 18.0 Å². The van der Waals surface area contributed by atoms with E-state index in [0.29, 0.717) is 6.54 Å². The quantitative estimate of drug-likeness (QED) is 0.880. The number of hydrogen-bond acceptors (Lipinski definition) is 4. The third-order valence-electron chi connectivity index (χ3n) is 3.73. The average molecular weight is 260 g/mol. The average Bonchev–Trinajstić information content (AvgIpc) is 2.80. The van der Waals surface area contributed by atoms with Crippen LogP contribution in [0, 0.1) is 5.92 Å². The number of hydrogen-bond donors (Lipinski definition) is 1. The highest BCUT2D eigenvalue weighted by Gasteiger charge is 2.25. The molecule has 1 N–H and O–H groups in total. The Balaban J connectivity index is 1.89. The molecule has 0 radical (unpaired) electrons. The number of fused-ring (bicyclic) bond motifs is 1. The number of carboxylic acid groups (broad SMARTS) is 1. The fraction of sp³-hybridized carbons (Fsp3) is 0.462. The Labute approximate surface area is 110 Å². The van der Waals surface area contributed by atoms with E-state index in [0.717, 1.165) is 36.1 Å². The Hall–Kier alpha value is -2.11. The summed E-state index contributed by atoms with van der Waals surface area (Å²) < 4.78 is 1.73. The van der Waals surface area contributed by atoms with Crippen molar-refractivity contribution in [3.63, 3.8) is 0 Å². The monoisotopic (exact) mass is 260 g/mol. The number of nitrogens with zero attached hydrogens (tertiary/aromatic N) is 4. The molecule has 1 aliphatic rings. The zero-order valence-electron chi connectivity index (χ0n) is 10.8. The van der Waals surface area contributed by atoms with Crippen molar-refractivity contribution in [3.05, 3.63) is 18.2 Å².